The molecule has 0 unspecified atom stereocenters. The third-order valence-corrected chi connectivity index (χ3v) is 14.6. The minimum Gasteiger partial charge on any atom is -0.0622 e. The first kappa shape index (κ1) is 36.2. The van der Waals surface area contributed by atoms with Crippen LogP contribution in [0.15, 0.2) is 243 Å². The van der Waals surface area contributed by atoms with Crippen molar-refractivity contribution in [3.63, 3.8) is 0 Å². The minimum absolute atomic E-state index is 0.431. The smallest absolute Gasteiger partial charge is 0.0622 e. The summed E-state index contributed by atoms with van der Waals surface area (Å²) < 4.78 is 0. The van der Waals surface area contributed by atoms with Gasteiger partial charge in [0.15, 0.2) is 0 Å². The van der Waals surface area contributed by atoms with E-state index in [1.807, 2.05) is 0 Å². The van der Waals surface area contributed by atoms with E-state index in [4.69, 9.17) is 0 Å². The maximum Gasteiger partial charge on any atom is 0.0725 e. The van der Waals surface area contributed by atoms with Crippen molar-refractivity contribution in [2.24, 2.45) is 0 Å². The van der Waals surface area contributed by atoms with E-state index in [9.17, 15) is 0 Å². The topological polar surface area (TPSA) is 0 Å². The number of fused-ring (bicyclic) bond motifs is 14. The molecule has 12 aromatic rings. The Kier molecular flexibility index (Phi) is 7.71. The second kappa shape index (κ2) is 13.8. The summed E-state index contributed by atoms with van der Waals surface area (Å²) in [6.45, 7) is 0. The Bertz CT molecular complexity index is 3840. The Morgan fingerprint density at radius 3 is 1.11 bits per heavy atom. The number of rotatable bonds is 4. The van der Waals surface area contributed by atoms with Gasteiger partial charge in [-0.1, -0.05) is 212 Å². The Hall–Kier alpha value is -8.32. The molecule has 0 amide bonds. The van der Waals surface area contributed by atoms with Gasteiger partial charge in [0.05, 0.1) is 5.41 Å². The predicted octanol–water partition coefficient (Wildman–Crippen LogP) is 17.3. The second-order valence-corrected chi connectivity index (χ2v) is 17.9. The van der Waals surface area contributed by atoms with Gasteiger partial charge in [-0.05, 0) is 162 Å². The molecule has 2 aliphatic rings. The van der Waals surface area contributed by atoms with Gasteiger partial charge in [-0.3, -0.25) is 0 Å². The van der Waals surface area contributed by atoms with E-state index >= 15 is 0 Å². The summed E-state index contributed by atoms with van der Waals surface area (Å²) in [5.41, 5.74) is 20.3. The summed E-state index contributed by atoms with van der Waals surface area (Å²) in [5.74, 6) is 0. The molecule has 14 rings (SSSR count). The molecule has 0 aromatic heterocycles. The lowest BCUT2D eigenvalue weighted by atomic mass is 9.70. The Morgan fingerprint density at radius 2 is 0.554 bits per heavy atom. The van der Waals surface area contributed by atoms with Crippen LogP contribution >= 0.6 is 0 Å². The molecule has 0 atom stereocenters. The molecule has 1 spiro atoms. The molecule has 0 saturated heterocycles. The van der Waals surface area contributed by atoms with Crippen molar-refractivity contribution in [2.45, 2.75) is 5.41 Å². The van der Waals surface area contributed by atoms with Crippen LogP contribution in [0, 0.1) is 0 Å². The van der Waals surface area contributed by atoms with E-state index < -0.39 is 5.41 Å². The average Bonchev–Trinajstić information content (AvgIpc) is 3.84. The van der Waals surface area contributed by atoms with Gasteiger partial charge in [-0.25, -0.2) is 0 Å². The van der Waals surface area contributed by atoms with Gasteiger partial charge in [0.2, 0.25) is 0 Å². The van der Waals surface area contributed by atoms with Gasteiger partial charge in [-0.2, -0.15) is 0 Å². The third-order valence-electron chi connectivity index (χ3n) is 14.6. The highest BCUT2D eigenvalue weighted by Crippen LogP contribution is 2.63. The van der Waals surface area contributed by atoms with Crippen molar-refractivity contribution >= 4 is 43.1 Å². The fraction of sp³-hybridized carbons (Fsp3) is 0.0154. The monoisotopic (exact) mass is 820 g/mol. The van der Waals surface area contributed by atoms with Crippen molar-refractivity contribution in [3.05, 3.63) is 265 Å². The summed E-state index contributed by atoms with van der Waals surface area (Å²) in [4.78, 5) is 0. The lowest BCUT2D eigenvalue weighted by Gasteiger charge is -2.31. The summed E-state index contributed by atoms with van der Waals surface area (Å²) in [6.07, 6.45) is 0. The Labute approximate surface area is 378 Å². The van der Waals surface area contributed by atoms with Gasteiger partial charge < -0.3 is 0 Å². The number of benzene rings is 12. The fourth-order valence-electron chi connectivity index (χ4n) is 11.8. The summed E-state index contributed by atoms with van der Waals surface area (Å²) >= 11 is 0. The van der Waals surface area contributed by atoms with E-state index in [1.165, 1.54) is 132 Å². The van der Waals surface area contributed by atoms with Crippen LogP contribution in [-0.4, -0.2) is 0 Å². The molecule has 0 bridgehead atoms. The highest BCUT2D eigenvalue weighted by atomic mass is 14.5. The zero-order valence-corrected chi connectivity index (χ0v) is 35.6. The lowest BCUT2D eigenvalue weighted by Crippen LogP contribution is -2.26. The molecular weight excluding hydrogens is 781 g/mol. The van der Waals surface area contributed by atoms with Crippen LogP contribution < -0.4 is 0 Å². The minimum atomic E-state index is -0.431. The van der Waals surface area contributed by atoms with Crippen LogP contribution in [0.1, 0.15) is 22.3 Å². The molecule has 0 saturated carbocycles. The normalized spacial score (nSPS) is 13.0. The maximum atomic E-state index is 2.50. The second-order valence-electron chi connectivity index (χ2n) is 17.9. The molecule has 2 aliphatic carbocycles. The first-order valence-electron chi connectivity index (χ1n) is 22.7. The fourth-order valence-corrected chi connectivity index (χ4v) is 11.8. The molecular formula is C65H40. The van der Waals surface area contributed by atoms with Gasteiger partial charge in [-0.15, -0.1) is 0 Å². The molecule has 0 heterocycles. The quantitative estimate of drug-likeness (QED) is 0.155. The van der Waals surface area contributed by atoms with Crippen molar-refractivity contribution in [1.29, 1.82) is 0 Å². The zero-order valence-electron chi connectivity index (χ0n) is 35.6. The van der Waals surface area contributed by atoms with E-state index in [0.717, 1.165) is 0 Å². The van der Waals surface area contributed by atoms with Crippen molar-refractivity contribution in [2.75, 3.05) is 0 Å². The van der Waals surface area contributed by atoms with Crippen LogP contribution in [0.25, 0.3) is 110 Å². The maximum absolute atomic E-state index is 2.50. The van der Waals surface area contributed by atoms with E-state index in [1.54, 1.807) is 0 Å². The molecule has 65 heavy (non-hydrogen) atoms. The molecule has 0 heteroatoms. The Morgan fingerprint density at radius 1 is 0.200 bits per heavy atom. The molecule has 0 nitrogen and oxygen atoms in total. The summed E-state index contributed by atoms with van der Waals surface area (Å²) in [6, 6.07) is 90.9. The molecule has 0 fully saturated rings. The molecule has 0 radical (unpaired) electrons. The Balaban J connectivity index is 0.917. The molecule has 12 aromatic carbocycles. The lowest BCUT2D eigenvalue weighted by molar-refractivity contribution is 0.794. The van der Waals surface area contributed by atoms with Crippen LogP contribution in [0.2, 0.25) is 0 Å². The molecule has 0 aliphatic heterocycles. The average molecular weight is 821 g/mol. The standard InChI is InChI=1S/C65H40/c1-2-14-41(15-3-1)47-32-34-53-54-35-33-48(40-62(54)65(61(53)39-47)59-24-12-10-18-51(59)52-19-11-13-25-60(52)65)45-27-28-46-38-50(31-29-44(46)36-45)64-57-22-8-6-20-55(57)63(56-21-7-9-23-58(56)64)49-30-26-42-16-4-5-17-43(42)37-49/h1-40H. The third kappa shape index (κ3) is 5.20. The van der Waals surface area contributed by atoms with Gasteiger partial charge in [0, 0.05) is 0 Å². The number of hydrogen-bond acceptors (Lipinski definition) is 0. The summed E-state index contributed by atoms with van der Waals surface area (Å²) in [7, 11) is 0. The van der Waals surface area contributed by atoms with E-state index in [2.05, 4.69) is 243 Å². The van der Waals surface area contributed by atoms with E-state index in [0.29, 0.717) is 0 Å². The molecule has 0 N–H and O–H groups in total. The van der Waals surface area contributed by atoms with Crippen LogP contribution in [-0.2, 0) is 5.41 Å². The predicted molar refractivity (Wildman–Crippen MR) is 275 cm³/mol. The number of hydrogen-bond donors (Lipinski definition) is 0. The van der Waals surface area contributed by atoms with Gasteiger partial charge in [0.25, 0.3) is 0 Å². The first-order chi connectivity index (χ1) is 32.2. The van der Waals surface area contributed by atoms with Crippen LogP contribution in [0.4, 0.5) is 0 Å². The zero-order chi connectivity index (χ0) is 42.6. The molecule has 300 valence electrons. The summed E-state index contributed by atoms with van der Waals surface area (Å²) in [5, 5.41) is 10.1. The van der Waals surface area contributed by atoms with Crippen LogP contribution in [0.3, 0.4) is 0 Å². The van der Waals surface area contributed by atoms with Gasteiger partial charge >= 0.3 is 0 Å². The van der Waals surface area contributed by atoms with E-state index in [-0.39, 0.29) is 0 Å². The largest absolute Gasteiger partial charge is 0.0725 e. The van der Waals surface area contributed by atoms with Gasteiger partial charge in [0.1, 0.15) is 0 Å². The first-order valence-corrected chi connectivity index (χ1v) is 22.7. The van der Waals surface area contributed by atoms with Crippen LogP contribution in [0.5, 0.6) is 0 Å². The van der Waals surface area contributed by atoms with Crippen molar-refractivity contribution in [3.8, 4) is 66.8 Å². The van der Waals surface area contributed by atoms with Crippen molar-refractivity contribution < 1.29 is 0 Å². The van der Waals surface area contributed by atoms with Crippen molar-refractivity contribution in [1.82, 2.24) is 0 Å². The SMILES string of the molecule is c1ccc(-c2ccc3c(c2)C2(c4ccccc4-c4ccccc42)c2cc(-c4ccc5cc(-c6c7ccccc7c(-c7ccc8ccccc8c7)c7ccccc67)ccc5c4)ccc2-3)cc1. The highest BCUT2D eigenvalue weighted by molar-refractivity contribution is 6.22. The highest BCUT2D eigenvalue weighted by Gasteiger charge is 2.51.